The molecule has 76 valence electrons. The summed E-state index contributed by atoms with van der Waals surface area (Å²) in [4.78, 5) is 4.08. The Hall–Kier alpha value is -1.22. The van der Waals surface area contributed by atoms with E-state index in [2.05, 4.69) is 16.4 Å². The van der Waals surface area contributed by atoms with Crippen molar-refractivity contribution >= 4 is 23.1 Å². The average molecular weight is 212 g/mol. The van der Waals surface area contributed by atoms with E-state index in [1.54, 1.807) is 12.3 Å². The third-order valence-corrected chi connectivity index (χ3v) is 1.93. The Kier molecular flexibility index (Phi) is 3.77. The fourth-order valence-electron chi connectivity index (χ4n) is 0.935. The molecule has 0 aliphatic heterocycles. The molecule has 0 unspecified atom stereocenters. The molecule has 0 bridgehead atoms. The Bertz CT molecular complexity index is 343. The summed E-state index contributed by atoms with van der Waals surface area (Å²) < 4.78 is 0. The van der Waals surface area contributed by atoms with Gasteiger partial charge in [-0.3, -0.25) is 0 Å². The van der Waals surface area contributed by atoms with Gasteiger partial charge in [0.25, 0.3) is 0 Å². The van der Waals surface area contributed by atoms with Gasteiger partial charge in [-0.1, -0.05) is 23.3 Å². The maximum absolute atomic E-state index is 5.92. The molecule has 0 saturated carbocycles. The molecule has 0 fully saturated rings. The van der Waals surface area contributed by atoms with E-state index in [1.165, 1.54) is 5.57 Å². The first-order valence-corrected chi connectivity index (χ1v) is 4.75. The first-order valence-electron chi connectivity index (χ1n) is 4.38. The lowest BCUT2D eigenvalue weighted by Gasteiger charge is -2.05. The number of nitrogens with two attached hydrogens (primary N) is 1. The number of allylic oxidation sites excluding steroid dienone is 1. The second kappa shape index (κ2) is 4.86. The molecule has 0 spiro atoms. The van der Waals surface area contributed by atoms with Crippen molar-refractivity contribution in [3.8, 4) is 0 Å². The van der Waals surface area contributed by atoms with E-state index < -0.39 is 0 Å². The van der Waals surface area contributed by atoms with E-state index >= 15 is 0 Å². The van der Waals surface area contributed by atoms with Crippen LogP contribution in [0.2, 0.25) is 5.02 Å². The lowest BCUT2D eigenvalue weighted by atomic mass is 10.3. The quantitative estimate of drug-likeness (QED) is 0.756. The van der Waals surface area contributed by atoms with Crippen molar-refractivity contribution in [1.29, 1.82) is 0 Å². The monoisotopic (exact) mass is 211 g/mol. The van der Waals surface area contributed by atoms with Crippen LogP contribution >= 0.6 is 11.6 Å². The standard InChI is InChI=1S/C10H14ClN3/c1-7(2)3-4-13-10-9(11)5-8(12)6-14-10/h3,5-6H,4,12H2,1-2H3,(H,13,14). The van der Waals surface area contributed by atoms with Gasteiger partial charge < -0.3 is 11.1 Å². The molecule has 1 rings (SSSR count). The first kappa shape index (κ1) is 10.9. The zero-order valence-electron chi connectivity index (χ0n) is 8.34. The van der Waals surface area contributed by atoms with Crippen LogP contribution in [0.3, 0.4) is 0 Å². The van der Waals surface area contributed by atoms with Crippen molar-refractivity contribution in [1.82, 2.24) is 4.98 Å². The van der Waals surface area contributed by atoms with Gasteiger partial charge in [0.15, 0.2) is 0 Å². The van der Waals surface area contributed by atoms with Gasteiger partial charge in [-0.2, -0.15) is 0 Å². The maximum Gasteiger partial charge on any atom is 0.145 e. The number of hydrogen-bond donors (Lipinski definition) is 2. The highest BCUT2D eigenvalue weighted by molar-refractivity contribution is 6.33. The predicted molar refractivity (Wildman–Crippen MR) is 61.6 cm³/mol. The Labute approximate surface area is 89.0 Å². The zero-order chi connectivity index (χ0) is 10.6. The van der Waals surface area contributed by atoms with Crippen LogP contribution in [0.5, 0.6) is 0 Å². The van der Waals surface area contributed by atoms with Crippen LogP contribution < -0.4 is 11.1 Å². The smallest absolute Gasteiger partial charge is 0.145 e. The van der Waals surface area contributed by atoms with Gasteiger partial charge in [0.2, 0.25) is 0 Å². The van der Waals surface area contributed by atoms with E-state index in [-0.39, 0.29) is 0 Å². The summed E-state index contributed by atoms with van der Waals surface area (Å²) in [6.07, 6.45) is 3.64. The van der Waals surface area contributed by atoms with Crippen LogP contribution in [0.1, 0.15) is 13.8 Å². The Morgan fingerprint density at radius 2 is 2.36 bits per heavy atom. The van der Waals surface area contributed by atoms with Crippen LogP contribution in [0.15, 0.2) is 23.9 Å². The normalized spacial score (nSPS) is 9.64. The zero-order valence-corrected chi connectivity index (χ0v) is 9.10. The number of aromatic nitrogens is 1. The van der Waals surface area contributed by atoms with Crippen LogP contribution in [-0.4, -0.2) is 11.5 Å². The van der Waals surface area contributed by atoms with E-state index in [1.807, 2.05) is 13.8 Å². The van der Waals surface area contributed by atoms with Crippen molar-refractivity contribution in [3.05, 3.63) is 28.9 Å². The molecule has 0 aliphatic rings. The molecule has 0 saturated heterocycles. The molecule has 0 amide bonds. The number of hydrogen-bond acceptors (Lipinski definition) is 3. The summed E-state index contributed by atoms with van der Waals surface area (Å²) in [6, 6.07) is 1.68. The lowest BCUT2D eigenvalue weighted by Crippen LogP contribution is -2.02. The number of nitrogen functional groups attached to an aromatic ring is 1. The van der Waals surface area contributed by atoms with E-state index in [0.29, 0.717) is 16.5 Å². The van der Waals surface area contributed by atoms with E-state index in [4.69, 9.17) is 17.3 Å². The third-order valence-electron chi connectivity index (χ3n) is 1.64. The van der Waals surface area contributed by atoms with Crippen LogP contribution in [-0.2, 0) is 0 Å². The molecule has 14 heavy (non-hydrogen) atoms. The molecule has 0 radical (unpaired) electrons. The van der Waals surface area contributed by atoms with Crippen molar-refractivity contribution in [3.63, 3.8) is 0 Å². The lowest BCUT2D eigenvalue weighted by molar-refractivity contribution is 1.20. The summed E-state index contributed by atoms with van der Waals surface area (Å²) in [7, 11) is 0. The van der Waals surface area contributed by atoms with E-state index in [9.17, 15) is 0 Å². The Morgan fingerprint density at radius 1 is 1.64 bits per heavy atom. The maximum atomic E-state index is 5.92. The van der Waals surface area contributed by atoms with Gasteiger partial charge in [0.05, 0.1) is 16.9 Å². The molecule has 0 atom stereocenters. The predicted octanol–water partition coefficient (Wildman–Crippen LogP) is 2.70. The van der Waals surface area contributed by atoms with Crippen molar-refractivity contribution < 1.29 is 0 Å². The molecule has 0 aromatic carbocycles. The third kappa shape index (κ3) is 3.26. The van der Waals surface area contributed by atoms with Gasteiger partial charge in [0.1, 0.15) is 5.82 Å². The van der Waals surface area contributed by atoms with Gasteiger partial charge in [0, 0.05) is 6.54 Å². The highest BCUT2D eigenvalue weighted by atomic mass is 35.5. The molecule has 0 aliphatic carbocycles. The van der Waals surface area contributed by atoms with Crippen LogP contribution in [0.4, 0.5) is 11.5 Å². The fourth-order valence-corrected chi connectivity index (χ4v) is 1.18. The number of pyridine rings is 1. The van der Waals surface area contributed by atoms with Gasteiger partial charge in [-0.25, -0.2) is 4.98 Å². The topological polar surface area (TPSA) is 50.9 Å². The van der Waals surface area contributed by atoms with E-state index in [0.717, 1.165) is 6.54 Å². The minimum absolute atomic E-state index is 0.548. The average Bonchev–Trinajstić information content (AvgIpc) is 2.08. The number of nitrogens with one attached hydrogen (secondary N) is 1. The minimum Gasteiger partial charge on any atom is -0.397 e. The summed E-state index contributed by atoms with van der Waals surface area (Å²) in [5.41, 5.74) is 7.34. The van der Waals surface area contributed by atoms with Crippen LogP contribution in [0.25, 0.3) is 0 Å². The number of rotatable bonds is 3. The molecule has 4 heteroatoms. The molecule has 1 heterocycles. The second-order valence-electron chi connectivity index (χ2n) is 3.26. The molecule has 1 aromatic rings. The SMILES string of the molecule is CC(C)=CCNc1ncc(N)cc1Cl. The largest absolute Gasteiger partial charge is 0.397 e. The Morgan fingerprint density at radius 3 is 2.93 bits per heavy atom. The summed E-state index contributed by atoms with van der Waals surface area (Å²) in [6.45, 7) is 4.80. The summed E-state index contributed by atoms with van der Waals surface area (Å²) in [5.74, 6) is 0.665. The van der Waals surface area contributed by atoms with Crippen molar-refractivity contribution in [2.75, 3.05) is 17.6 Å². The molecular formula is C10H14ClN3. The minimum atomic E-state index is 0.548. The van der Waals surface area contributed by atoms with Gasteiger partial charge in [-0.05, 0) is 19.9 Å². The second-order valence-corrected chi connectivity index (χ2v) is 3.67. The highest BCUT2D eigenvalue weighted by Crippen LogP contribution is 2.20. The van der Waals surface area contributed by atoms with Gasteiger partial charge in [-0.15, -0.1) is 0 Å². The fraction of sp³-hybridized carbons (Fsp3) is 0.300. The van der Waals surface area contributed by atoms with Crippen molar-refractivity contribution in [2.45, 2.75) is 13.8 Å². The summed E-state index contributed by atoms with van der Waals surface area (Å²) in [5, 5.41) is 3.64. The number of nitrogens with zero attached hydrogens (tertiary/aromatic N) is 1. The first-order chi connectivity index (χ1) is 6.59. The van der Waals surface area contributed by atoms with Gasteiger partial charge >= 0.3 is 0 Å². The Balaban J connectivity index is 2.64. The van der Waals surface area contributed by atoms with Crippen molar-refractivity contribution in [2.24, 2.45) is 0 Å². The summed E-state index contributed by atoms with van der Waals surface area (Å²) >= 11 is 5.92. The molecular weight excluding hydrogens is 198 g/mol. The molecule has 1 aromatic heterocycles. The number of halogens is 1. The molecule has 3 N–H and O–H groups in total. The number of anilines is 2. The molecule has 3 nitrogen and oxygen atoms in total. The highest BCUT2D eigenvalue weighted by Gasteiger charge is 1.99. The van der Waals surface area contributed by atoms with Crippen LogP contribution in [0, 0.1) is 0 Å².